The lowest BCUT2D eigenvalue weighted by atomic mass is 9.92. The van der Waals surface area contributed by atoms with Gasteiger partial charge in [0.15, 0.2) is 5.78 Å². The summed E-state index contributed by atoms with van der Waals surface area (Å²) in [5.74, 6) is -0.0231. The fourth-order valence-electron chi connectivity index (χ4n) is 2.54. The van der Waals surface area contributed by atoms with Crippen molar-refractivity contribution in [1.29, 1.82) is 0 Å². The Morgan fingerprint density at radius 2 is 1.68 bits per heavy atom. The number of rotatable bonds is 4. The van der Waals surface area contributed by atoms with E-state index in [1.165, 1.54) is 0 Å². The molecule has 0 amide bonds. The summed E-state index contributed by atoms with van der Waals surface area (Å²) in [4.78, 5) is 12.3. The molecule has 4 nitrogen and oxygen atoms in total. The van der Waals surface area contributed by atoms with Gasteiger partial charge in [0.1, 0.15) is 0 Å². The molecule has 25 heavy (non-hydrogen) atoms. The summed E-state index contributed by atoms with van der Waals surface area (Å²) in [7, 11) is 0. The molecule has 0 aliphatic carbocycles. The quantitative estimate of drug-likeness (QED) is 0.524. The molecule has 0 bridgehead atoms. The Hall–Kier alpha value is -3.01. The zero-order chi connectivity index (χ0) is 17.9. The Bertz CT molecular complexity index is 885. The van der Waals surface area contributed by atoms with Crippen LogP contribution >= 0.6 is 0 Å². The van der Waals surface area contributed by atoms with Crippen LogP contribution in [0.3, 0.4) is 0 Å². The van der Waals surface area contributed by atoms with Crippen LogP contribution in [-0.4, -0.2) is 20.8 Å². The van der Waals surface area contributed by atoms with Crippen molar-refractivity contribution in [2.75, 3.05) is 0 Å². The second-order valence-corrected chi connectivity index (χ2v) is 6.94. The van der Waals surface area contributed by atoms with Crippen LogP contribution in [0.5, 0.6) is 0 Å². The lowest BCUT2D eigenvalue weighted by molar-refractivity contribution is 0.104. The summed E-state index contributed by atoms with van der Waals surface area (Å²) in [6.07, 6.45) is 5.20. The fraction of sp³-hybridized carbons (Fsp3) is 0.190. The predicted octanol–water partition coefficient (Wildman–Crippen LogP) is 4.46. The highest BCUT2D eigenvalue weighted by atomic mass is 16.1. The molecular formula is C21H21N3O. The molecule has 0 aliphatic heterocycles. The molecule has 3 rings (SSSR count). The van der Waals surface area contributed by atoms with Gasteiger partial charge in [-0.15, -0.1) is 5.10 Å². The Kier molecular flexibility index (Phi) is 4.61. The van der Waals surface area contributed by atoms with Gasteiger partial charge in [-0.1, -0.05) is 62.4 Å². The molecule has 3 aromatic rings. The normalized spacial score (nSPS) is 11.8. The van der Waals surface area contributed by atoms with Gasteiger partial charge < -0.3 is 0 Å². The van der Waals surface area contributed by atoms with Crippen LogP contribution < -0.4 is 0 Å². The third kappa shape index (κ3) is 3.91. The van der Waals surface area contributed by atoms with Crippen molar-refractivity contribution >= 4 is 11.9 Å². The third-order valence-corrected chi connectivity index (χ3v) is 3.94. The number of carbonyl (C=O) groups is 1. The van der Waals surface area contributed by atoms with E-state index in [9.17, 15) is 4.79 Å². The molecule has 0 saturated heterocycles. The number of ketones is 1. The minimum absolute atomic E-state index is 0.0231. The van der Waals surface area contributed by atoms with Crippen molar-refractivity contribution in [2.24, 2.45) is 0 Å². The average molecular weight is 331 g/mol. The molecule has 4 heteroatoms. The third-order valence-electron chi connectivity index (χ3n) is 3.94. The van der Waals surface area contributed by atoms with E-state index in [1.807, 2.05) is 65.4 Å². The smallest absolute Gasteiger partial charge is 0.185 e. The molecule has 0 spiro atoms. The monoisotopic (exact) mass is 331 g/mol. The molecule has 0 N–H and O–H groups in total. The maximum Gasteiger partial charge on any atom is 0.185 e. The van der Waals surface area contributed by atoms with Crippen LogP contribution in [0.4, 0.5) is 0 Å². The fourth-order valence-corrected chi connectivity index (χ4v) is 2.54. The van der Waals surface area contributed by atoms with Gasteiger partial charge in [0.25, 0.3) is 0 Å². The van der Waals surface area contributed by atoms with E-state index in [-0.39, 0.29) is 11.2 Å². The summed E-state index contributed by atoms with van der Waals surface area (Å²) in [5.41, 5.74) is 3.51. The Balaban J connectivity index is 1.80. The Morgan fingerprint density at radius 1 is 1.00 bits per heavy atom. The second kappa shape index (κ2) is 6.85. The highest BCUT2D eigenvalue weighted by molar-refractivity contribution is 6.06. The van der Waals surface area contributed by atoms with Crippen molar-refractivity contribution < 1.29 is 4.79 Å². The topological polar surface area (TPSA) is 47.8 Å². The summed E-state index contributed by atoms with van der Waals surface area (Å²) in [6.45, 7) is 6.36. The highest BCUT2D eigenvalue weighted by Crippen LogP contribution is 2.23. The number of benzene rings is 2. The first kappa shape index (κ1) is 16.8. The number of carbonyl (C=O) groups excluding carboxylic acids is 1. The van der Waals surface area contributed by atoms with Crippen molar-refractivity contribution in [3.05, 3.63) is 83.7 Å². The highest BCUT2D eigenvalue weighted by Gasteiger charge is 2.20. The van der Waals surface area contributed by atoms with Crippen molar-refractivity contribution in [2.45, 2.75) is 26.2 Å². The molecule has 0 radical (unpaired) electrons. The minimum atomic E-state index is -0.0591. The van der Waals surface area contributed by atoms with E-state index in [1.54, 1.807) is 12.3 Å². The van der Waals surface area contributed by atoms with E-state index in [0.717, 1.165) is 16.9 Å². The lowest BCUT2D eigenvalue weighted by Crippen LogP contribution is -2.17. The lowest BCUT2D eigenvalue weighted by Gasteiger charge is -2.19. The molecule has 126 valence electrons. The van der Waals surface area contributed by atoms with Crippen LogP contribution in [0.1, 0.15) is 42.4 Å². The number of hydrogen-bond donors (Lipinski definition) is 0. The van der Waals surface area contributed by atoms with Gasteiger partial charge >= 0.3 is 0 Å². The number of allylic oxidation sites excluding steroid dienone is 1. The van der Waals surface area contributed by atoms with Gasteiger partial charge in [0.2, 0.25) is 0 Å². The van der Waals surface area contributed by atoms with Gasteiger partial charge in [-0.25, -0.2) is 4.68 Å². The van der Waals surface area contributed by atoms with Crippen molar-refractivity contribution in [3.63, 3.8) is 0 Å². The summed E-state index contributed by atoms with van der Waals surface area (Å²) >= 11 is 0. The Morgan fingerprint density at radius 3 is 2.32 bits per heavy atom. The maximum atomic E-state index is 12.3. The molecule has 0 aliphatic rings. The first-order valence-electron chi connectivity index (χ1n) is 8.24. The van der Waals surface area contributed by atoms with Gasteiger partial charge in [-0.2, -0.15) is 0 Å². The molecule has 1 aromatic heterocycles. The zero-order valence-electron chi connectivity index (χ0n) is 14.7. The maximum absolute atomic E-state index is 12.3. The SMILES string of the molecule is CC(C)(C)c1cnnn1-c1ccc(C(=O)/C=C/c2ccccc2)cc1. The molecule has 0 fully saturated rings. The van der Waals surface area contributed by atoms with Gasteiger partial charge in [0, 0.05) is 11.0 Å². The number of hydrogen-bond acceptors (Lipinski definition) is 3. The van der Waals surface area contributed by atoms with Crippen LogP contribution in [0.25, 0.3) is 11.8 Å². The number of aromatic nitrogens is 3. The van der Waals surface area contributed by atoms with Crippen LogP contribution in [0.2, 0.25) is 0 Å². The van der Waals surface area contributed by atoms with Gasteiger partial charge in [0.05, 0.1) is 17.6 Å². The molecule has 0 saturated carbocycles. The van der Waals surface area contributed by atoms with Crippen molar-refractivity contribution in [1.82, 2.24) is 15.0 Å². The standard InChI is InChI=1S/C21H21N3O/c1-21(2,3)20-15-22-23-24(20)18-12-10-17(11-13-18)19(25)14-9-16-7-5-4-6-8-16/h4-15H,1-3H3/b14-9+. The predicted molar refractivity (Wildman–Crippen MR) is 99.9 cm³/mol. The largest absolute Gasteiger partial charge is 0.289 e. The average Bonchev–Trinajstić information content (AvgIpc) is 3.11. The second-order valence-electron chi connectivity index (χ2n) is 6.94. The minimum Gasteiger partial charge on any atom is -0.289 e. The Labute approximate surface area is 147 Å². The van der Waals surface area contributed by atoms with Crippen LogP contribution in [-0.2, 0) is 5.41 Å². The van der Waals surface area contributed by atoms with E-state index in [0.29, 0.717) is 5.56 Å². The van der Waals surface area contributed by atoms with Gasteiger partial charge in [-0.05, 0) is 35.9 Å². The molecule has 0 atom stereocenters. The number of nitrogens with zero attached hydrogens (tertiary/aromatic N) is 3. The molecule has 2 aromatic carbocycles. The summed E-state index contributed by atoms with van der Waals surface area (Å²) in [5, 5.41) is 8.19. The first-order chi connectivity index (χ1) is 11.9. The molecule has 1 heterocycles. The first-order valence-corrected chi connectivity index (χ1v) is 8.24. The van der Waals surface area contributed by atoms with E-state index in [4.69, 9.17) is 0 Å². The summed E-state index contributed by atoms with van der Waals surface area (Å²) < 4.78 is 1.81. The zero-order valence-corrected chi connectivity index (χ0v) is 14.7. The molecule has 0 unspecified atom stereocenters. The van der Waals surface area contributed by atoms with E-state index in [2.05, 4.69) is 31.1 Å². The molecular weight excluding hydrogens is 310 g/mol. The van der Waals surface area contributed by atoms with Gasteiger partial charge in [-0.3, -0.25) is 4.79 Å². The van der Waals surface area contributed by atoms with E-state index >= 15 is 0 Å². The van der Waals surface area contributed by atoms with Crippen LogP contribution in [0, 0.1) is 0 Å². The summed E-state index contributed by atoms with van der Waals surface area (Å²) in [6, 6.07) is 17.2. The van der Waals surface area contributed by atoms with E-state index < -0.39 is 0 Å². The van der Waals surface area contributed by atoms with Crippen LogP contribution in [0.15, 0.2) is 66.9 Å². The van der Waals surface area contributed by atoms with Crippen molar-refractivity contribution in [3.8, 4) is 5.69 Å².